The van der Waals surface area contributed by atoms with Gasteiger partial charge >= 0.3 is 0 Å². The van der Waals surface area contributed by atoms with Crippen LogP contribution in [0.1, 0.15) is 12.3 Å². The molecule has 2 N–H and O–H groups in total. The molecule has 0 aliphatic carbocycles. The zero-order chi connectivity index (χ0) is 16.5. The Balaban J connectivity index is 1.67. The highest BCUT2D eigenvalue weighted by Crippen LogP contribution is 2.18. The van der Waals surface area contributed by atoms with Crippen molar-refractivity contribution in [3.63, 3.8) is 0 Å². The molecular weight excluding hydrogens is 320 g/mol. The first-order valence-corrected chi connectivity index (χ1v) is 8.01. The lowest BCUT2D eigenvalue weighted by Gasteiger charge is -2.05. The van der Waals surface area contributed by atoms with Gasteiger partial charge in [-0.15, -0.1) is 0 Å². The number of rotatable bonds is 9. The molecule has 2 heterocycles. The summed E-state index contributed by atoms with van der Waals surface area (Å²) in [7, 11) is 1.55. The molecule has 0 unspecified atom stereocenters. The first-order valence-electron chi connectivity index (χ1n) is 7.06. The summed E-state index contributed by atoms with van der Waals surface area (Å²) in [5.41, 5.74) is 0.891. The van der Waals surface area contributed by atoms with Crippen molar-refractivity contribution in [1.82, 2.24) is 20.8 Å². The number of nitrogens with one attached hydrogen (secondary N) is 2. The van der Waals surface area contributed by atoms with Gasteiger partial charge in [0.15, 0.2) is 0 Å². The van der Waals surface area contributed by atoms with Gasteiger partial charge in [0, 0.05) is 37.4 Å². The first kappa shape index (κ1) is 17.1. The highest BCUT2D eigenvalue weighted by molar-refractivity contribution is 7.08. The van der Waals surface area contributed by atoms with E-state index >= 15 is 0 Å². The second-order valence-corrected chi connectivity index (χ2v) is 5.42. The molecule has 0 fully saturated rings. The third kappa shape index (κ3) is 5.80. The van der Waals surface area contributed by atoms with Crippen LogP contribution in [0.2, 0.25) is 0 Å². The topological polar surface area (TPSA) is 106 Å². The Morgan fingerprint density at radius 3 is 2.96 bits per heavy atom. The summed E-state index contributed by atoms with van der Waals surface area (Å²) >= 11 is 1.55. The van der Waals surface area contributed by atoms with E-state index in [1.165, 1.54) is 0 Å². The van der Waals surface area contributed by atoms with Crippen LogP contribution in [0.4, 0.5) is 0 Å². The Kier molecular flexibility index (Phi) is 6.70. The van der Waals surface area contributed by atoms with E-state index in [2.05, 4.69) is 20.8 Å². The number of hydrogen-bond acceptors (Lipinski definition) is 7. The predicted molar refractivity (Wildman–Crippen MR) is 83.8 cm³/mol. The van der Waals surface area contributed by atoms with Crippen LogP contribution < -0.4 is 10.6 Å². The van der Waals surface area contributed by atoms with E-state index in [4.69, 9.17) is 9.26 Å². The maximum absolute atomic E-state index is 11.7. The zero-order valence-electron chi connectivity index (χ0n) is 12.7. The summed E-state index contributed by atoms with van der Waals surface area (Å²) in [5, 5.41) is 12.9. The van der Waals surface area contributed by atoms with E-state index in [9.17, 15) is 9.59 Å². The van der Waals surface area contributed by atoms with Gasteiger partial charge in [-0.3, -0.25) is 9.59 Å². The second kappa shape index (κ2) is 9.01. The third-order valence-electron chi connectivity index (χ3n) is 2.89. The molecule has 124 valence electrons. The monoisotopic (exact) mass is 338 g/mol. The zero-order valence-corrected chi connectivity index (χ0v) is 13.5. The van der Waals surface area contributed by atoms with E-state index in [-0.39, 0.29) is 24.8 Å². The van der Waals surface area contributed by atoms with Gasteiger partial charge < -0.3 is 19.9 Å². The summed E-state index contributed by atoms with van der Waals surface area (Å²) in [6.45, 7) is 0.786. The maximum Gasteiger partial charge on any atom is 0.239 e. The molecule has 0 atom stereocenters. The average molecular weight is 338 g/mol. The number of carbonyl (C=O) groups excluding carboxylic acids is 2. The second-order valence-electron chi connectivity index (χ2n) is 4.64. The number of hydrogen-bond donors (Lipinski definition) is 2. The van der Waals surface area contributed by atoms with E-state index in [1.807, 2.05) is 16.8 Å². The van der Waals surface area contributed by atoms with Crippen molar-refractivity contribution in [2.75, 3.05) is 26.8 Å². The number of ether oxygens (including phenoxy) is 1. The standard InChI is InChI=1S/C14H18N4O4S/c1-21-6-5-15-12(20)8-16-11(19)2-3-13-17-14(18-22-13)10-4-7-23-9-10/h4,7,9H,2-3,5-6,8H2,1H3,(H,15,20)(H,16,19). The van der Waals surface area contributed by atoms with Gasteiger partial charge in [0.25, 0.3) is 0 Å². The SMILES string of the molecule is COCCNC(=O)CNC(=O)CCc1nc(-c2ccsc2)no1. The van der Waals surface area contributed by atoms with Gasteiger partial charge in [0.05, 0.1) is 13.2 Å². The highest BCUT2D eigenvalue weighted by Gasteiger charge is 2.11. The van der Waals surface area contributed by atoms with Crippen LogP contribution in [0.3, 0.4) is 0 Å². The van der Waals surface area contributed by atoms with E-state index < -0.39 is 0 Å². The fourth-order valence-electron chi connectivity index (χ4n) is 1.71. The molecule has 0 aliphatic heterocycles. The minimum atomic E-state index is -0.257. The van der Waals surface area contributed by atoms with Gasteiger partial charge in [-0.2, -0.15) is 16.3 Å². The molecule has 8 nitrogen and oxygen atoms in total. The van der Waals surface area contributed by atoms with E-state index in [0.717, 1.165) is 5.56 Å². The van der Waals surface area contributed by atoms with Crippen LogP contribution in [-0.4, -0.2) is 48.8 Å². The normalized spacial score (nSPS) is 10.5. The van der Waals surface area contributed by atoms with Crippen LogP contribution >= 0.6 is 11.3 Å². The van der Waals surface area contributed by atoms with Crippen LogP contribution in [-0.2, 0) is 20.7 Å². The fourth-order valence-corrected chi connectivity index (χ4v) is 2.34. The van der Waals surface area contributed by atoms with Gasteiger partial charge in [0.1, 0.15) is 0 Å². The number of thiophene rings is 1. The van der Waals surface area contributed by atoms with Crippen molar-refractivity contribution < 1.29 is 18.8 Å². The van der Waals surface area contributed by atoms with Crippen LogP contribution in [0.5, 0.6) is 0 Å². The van der Waals surface area contributed by atoms with Gasteiger partial charge in [-0.05, 0) is 11.4 Å². The lowest BCUT2D eigenvalue weighted by atomic mass is 10.3. The van der Waals surface area contributed by atoms with Crippen molar-refractivity contribution in [1.29, 1.82) is 0 Å². The van der Waals surface area contributed by atoms with E-state index in [0.29, 0.717) is 31.3 Å². The average Bonchev–Trinajstić information content (AvgIpc) is 3.22. The van der Waals surface area contributed by atoms with Crippen molar-refractivity contribution in [2.45, 2.75) is 12.8 Å². The quantitative estimate of drug-likeness (QED) is 0.649. The number of aromatic nitrogens is 2. The first-order chi connectivity index (χ1) is 11.2. The number of amides is 2. The number of carbonyl (C=O) groups is 2. The summed E-state index contributed by atoms with van der Waals surface area (Å²) in [6, 6.07) is 1.90. The van der Waals surface area contributed by atoms with Crippen molar-refractivity contribution >= 4 is 23.2 Å². The maximum atomic E-state index is 11.7. The molecule has 0 bridgehead atoms. The van der Waals surface area contributed by atoms with Gasteiger partial charge in [-0.25, -0.2) is 0 Å². The minimum Gasteiger partial charge on any atom is -0.383 e. The Morgan fingerprint density at radius 2 is 2.22 bits per heavy atom. The molecule has 2 amide bonds. The Hall–Kier alpha value is -2.26. The van der Waals surface area contributed by atoms with E-state index in [1.54, 1.807) is 18.4 Å². The van der Waals surface area contributed by atoms with Crippen molar-refractivity contribution in [3.05, 3.63) is 22.7 Å². The molecule has 0 saturated heterocycles. The number of aryl methyl sites for hydroxylation is 1. The van der Waals surface area contributed by atoms with Crippen LogP contribution in [0.15, 0.2) is 21.3 Å². The van der Waals surface area contributed by atoms with Crippen molar-refractivity contribution in [2.24, 2.45) is 0 Å². The lowest BCUT2D eigenvalue weighted by Crippen LogP contribution is -2.38. The minimum absolute atomic E-state index is 0.0630. The molecule has 2 aromatic heterocycles. The summed E-state index contributed by atoms with van der Waals surface area (Å²) in [5.74, 6) is 0.403. The molecule has 0 spiro atoms. The van der Waals surface area contributed by atoms with Gasteiger partial charge in [-0.1, -0.05) is 5.16 Å². The Bertz CT molecular complexity index is 627. The lowest BCUT2D eigenvalue weighted by molar-refractivity contribution is -0.126. The Morgan fingerprint density at radius 1 is 1.35 bits per heavy atom. The molecular formula is C14H18N4O4S. The fraction of sp³-hybridized carbons (Fsp3) is 0.429. The molecule has 2 aromatic rings. The summed E-state index contributed by atoms with van der Waals surface area (Å²) in [4.78, 5) is 27.3. The summed E-state index contributed by atoms with van der Waals surface area (Å²) in [6.07, 6.45) is 0.505. The Labute approximate surface area is 137 Å². The molecule has 0 aromatic carbocycles. The number of nitrogens with zero attached hydrogens (tertiary/aromatic N) is 2. The van der Waals surface area contributed by atoms with Crippen molar-refractivity contribution in [3.8, 4) is 11.4 Å². The number of methoxy groups -OCH3 is 1. The summed E-state index contributed by atoms with van der Waals surface area (Å²) < 4.78 is 9.91. The molecule has 2 rings (SSSR count). The molecule has 9 heteroatoms. The largest absolute Gasteiger partial charge is 0.383 e. The van der Waals surface area contributed by atoms with Crippen LogP contribution in [0, 0.1) is 0 Å². The predicted octanol–water partition coefficient (Wildman–Crippen LogP) is 0.610. The molecule has 0 aliphatic rings. The molecule has 0 radical (unpaired) electrons. The molecule has 23 heavy (non-hydrogen) atoms. The van der Waals surface area contributed by atoms with Gasteiger partial charge in [0.2, 0.25) is 23.5 Å². The smallest absolute Gasteiger partial charge is 0.239 e. The van der Waals surface area contributed by atoms with Crippen LogP contribution in [0.25, 0.3) is 11.4 Å². The third-order valence-corrected chi connectivity index (χ3v) is 3.57. The molecule has 0 saturated carbocycles. The highest BCUT2D eigenvalue weighted by atomic mass is 32.1.